The van der Waals surface area contributed by atoms with E-state index in [-0.39, 0.29) is 0 Å². The zero-order valence-electron chi connectivity index (χ0n) is 10.9. The van der Waals surface area contributed by atoms with Crippen molar-refractivity contribution in [2.75, 3.05) is 11.1 Å². The highest BCUT2D eigenvalue weighted by atomic mass is 35.5. The lowest BCUT2D eigenvalue weighted by Gasteiger charge is -2.21. The molecule has 0 fully saturated rings. The molecular formula is C16H10Cl2N2S. The van der Waals surface area contributed by atoms with Crippen LogP contribution in [0.25, 0.3) is 5.57 Å². The second-order valence-electron chi connectivity index (χ2n) is 4.50. The predicted molar refractivity (Wildman–Crippen MR) is 89.8 cm³/mol. The summed E-state index contributed by atoms with van der Waals surface area (Å²) >= 11 is 13.8. The van der Waals surface area contributed by atoms with Crippen LogP contribution in [0.1, 0.15) is 5.56 Å². The molecule has 0 spiro atoms. The number of allylic oxidation sites excluding steroid dienone is 1. The molecule has 5 heteroatoms. The number of anilines is 1. The topological polar surface area (TPSA) is 35.8 Å². The number of halogens is 2. The van der Waals surface area contributed by atoms with Gasteiger partial charge in [-0.1, -0.05) is 41.4 Å². The first kappa shape index (κ1) is 14.3. The fraction of sp³-hybridized carbons (Fsp3) is 0.0625. The fourth-order valence-electron chi connectivity index (χ4n) is 2.16. The quantitative estimate of drug-likeness (QED) is 0.705. The summed E-state index contributed by atoms with van der Waals surface area (Å²) in [7, 11) is 0. The number of hydrogen-bond donors (Lipinski definition) is 1. The van der Waals surface area contributed by atoms with E-state index in [2.05, 4.69) is 17.5 Å². The van der Waals surface area contributed by atoms with Crippen LogP contribution in [0.2, 0.25) is 10.0 Å². The Balaban J connectivity index is 2.06. The van der Waals surface area contributed by atoms with E-state index in [1.54, 1.807) is 30.0 Å². The van der Waals surface area contributed by atoms with Crippen LogP contribution in [0.3, 0.4) is 0 Å². The predicted octanol–water partition coefficient (Wildman–Crippen LogP) is 5.45. The summed E-state index contributed by atoms with van der Waals surface area (Å²) in [5.74, 6) is 0.707. The molecule has 0 unspecified atom stereocenters. The minimum atomic E-state index is 0.484. The van der Waals surface area contributed by atoms with Crippen molar-refractivity contribution in [3.63, 3.8) is 0 Å². The van der Waals surface area contributed by atoms with E-state index in [0.29, 0.717) is 26.9 Å². The molecule has 0 saturated heterocycles. The molecule has 21 heavy (non-hydrogen) atoms. The van der Waals surface area contributed by atoms with E-state index in [0.717, 1.165) is 11.4 Å². The summed E-state index contributed by atoms with van der Waals surface area (Å²) in [6, 6.07) is 15.5. The van der Waals surface area contributed by atoms with E-state index in [4.69, 9.17) is 23.2 Å². The van der Waals surface area contributed by atoms with Gasteiger partial charge in [0.25, 0.3) is 0 Å². The molecule has 3 rings (SSSR count). The number of hydrogen-bond acceptors (Lipinski definition) is 3. The number of thioether (sulfide) groups is 1. The van der Waals surface area contributed by atoms with Crippen LogP contribution < -0.4 is 5.32 Å². The van der Waals surface area contributed by atoms with Crippen molar-refractivity contribution in [2.24, 2.45) is 0 Å². The second kappa shape index (κ2) is 6.03. The lowest BCUT2D eigenvalue weighted by Crippen LogP contribution is -2.10. The fourth-order valence-corrected chi connectivity index (χ4v) is 3.63. The third-order valence-electron chi connectivity index (χ3n) is 3.16. The molecule has 1 N–H and O–H groups in total. The van der Waals surface area contributed by atoms with Gasteiger partial charge >= 0.3 is 0 Å². The molecule has 0 bridgehead atoms. The Labute approximate surface area is 137 Å². The van der Waals surface area contributed by atoms with Gasteiger partial charge in [-0.15, -0.1) is 11.8 Å². The van der Waals surface area contributed by atoms with E-state index in [1.165, 1.54) is 4.90 Å². The highest BCUT2D eigenvalue weighted by molar-refractivity contribution is 7.99. The van der Waals surface area contributed by atoms with E-state index in [9.17, 15) is 5.26 Å². The van der Waals surface area contributed by atoms with Gasteiger partial charge in [0.1, 0.15) is 6.07 Å². The smallest absolute Gasteiger partial charge is 0.102 e. The van der Waals surface area contributed by atoms with Crippen molar-refractivity contribution >= 4 is 46.2 Å². The molecule has 0 atom stereocenters. The molecule has 0 aliphatic carbocycles. The number of nitrogens with zero attached hydrogens (tertiary/aromatic N) is 1. The Morgan fingerprint density at radius 2 is 2.00 bits per heavy atom. The number of fused-ring (bicyclic) bond motifs is 1. The third kappa shape index (κ3) is 2.89. The molecular weight excluding hydrogens is 323 g/mol. The lowest BCUT2D eigenvalue weighted by atomic mass is 10.0. The third-order valence-corrected chi connectivity index (χ3v) is 4.81. The van der Waals surface area contributed by atoms with Crippen LogP contribution in [0.4, 0.5) is 5.69 Å². The standard InChI is InChI=1S/C16H10Cl2N2S/c17-10-5-6-11(13(18)7-10)12(8-19)15-9-21-16-4-2-1-3-14(16)20-15/h1-7,20H,9H2/b15-12-. The van der Waals surface area contributed by atoms with Gasteiger partial charge in [-0.25, -0.2) is 0 Å². The molecule has 2 aromatic carbocycles. The van der Waals surface area contributed by atoms with Crippen molar-refractivity contribution in [1.82, 2.24) is 0 Å². The van der Waals surface area contributed by atoms with Gasteiger partial charge in [0.15, 0.2) is 0 Å². The molecule has 0 aromatic heterocycles. The zero-order valence-corrected chi connectivity index (χ0v) is 13.2. The minimum absolute atomic E-state index is 0.484. The summed E-state index contributed by atoms with van der Waals surface area (Å²) in [4.78, 5) is 1.18. The number of para-hydroxylation sites is 1. The lowest BCUT2D eigenvalue weighted by molar-refractivity contribution is 1.29. The van der Waals surface area contributed by atoms with Crippen LogP contribution >= 0.6 is 35.0 Å². The first-order valence-corrected chi connectivity index (χ1v) is 8.00. The molecule has 1 heterocycles. The zero-order chi connectivity index (χ0) is 14.8. The van der Waals surface area contributed by atoms with E-state index in [1.807, 2.05) is 18.2 Å². The van der Waals surface area contributed by atoms with Crippen molar-refractivity contribution in [3.8, 4) is 6.07 Å². The monoisotopic (exact) mass is 332 g/mol. The normalized spacial score (nSPS) is 15.7. The second-order valence-corrected chi connectivity index (χ2v) is 6.36. The van der Waals surface area contributed by atoms with Crippen LogP contribution in [-0.4, -0.2) is 5.75 Å². The summed E-state index contributed by atoms with van der Waals surface area (Å²) in [5, 5.41) is 13.9. The maximum absolute atomic E-state index is 9.52. The molecule has 2 nitrogen and oxygen atoms in total. The SMILES string of the molecule is N#C/C(=C1\CSc2ccccc2N1)c1ccc(Cl)cc1Cl. The number of benzene rings is 2. The minimum Gasteiger partial charge on any atom is -0.356 e. The first-order valence-electron chi connectivity index (χ1n) is 6.26. The van der Waals surface area contributed by atoms with E-state index < -0.39 is 0 Å². The van der Waals surface area contributed by atoms with Crippen molar-refractivity contribution in [2.45, 2.75) is 4.90 Å². The molecule has 0 amide bonds. The Kier molecular flexibility index (Phi) is 4.12. The Bertz CT molecular complexity index is 778. The molecule has 1 aliphatic rings. The molecule has 104 valence electrons. The molecule has 0 radical (unpaired) electrons. The first-order chi connectivity index (χ1) is 10.2. The van der Waals surface area contributed by atoms with Crippen LogP contribution in [0, 0.1) is 11.3 Å². The summed E-state index contributed by atoms with van der Waals surface area (Å²) in [5.41, 5.74) is 3.14. The molecule has 0 saturated carbocycles. The number of rotatable bonds is 1. The van der Waals surface area contributed by atoms with Crippen molar-refractivity contribution in [3.05, 3.63) is 63.8 Å². The maximum Gasteiger partial charge on any atom is 0.102 e. The average molecular weight is 333 g/mol. The van der Waals surface area contributed by atoms with Crippen molar-refractivity contribution in [1.29, 1.82) is 5.26 Å². The number of nitrogens with one attached hydrogen (secondary N) is 1. The summed E-state index contributed by atoms with van der Waals surface area (Å²) in [6.07, 6.45) is 0. The Morgan fingerprint density at radius 1 is 1.19 bits per heavy atom. The highest BCUT2D eigenvalue weighted by Gasteiger charge is 2.18. The Hall–Kier alpha value is -1.60. The van der Waals surface area contributed by atoms with E-state index >= 15 is 0 Å². The largest absolute Gasteiger partial charge is 0.356 e. The Morgan fingerprint density at radius 3 is 2.76 bits per heavy atom. The van der Waals surface area contributed by atoms with Gasteiger partial charge in [0.2, 0.25) is 0 Å². The van der Waals surface area contributed by atoms with Gasteiger partial charge in [-0.2, -0.15) is 5.26 Å². The van der Waals surface area contributed by atoms with Gasteiger partial charge < -0.3 is 5.32 Å². The summed E-state index contributed by atoms with van der Waals surface area (Å²) in [6.45, 7) is 0. The van der Waals surface area contributed by atoms with Gasteiger partial charge in [0.05, 0.1) is 16.3 Å². The van der Waals surface area contributed by atoms with Crippen LogP contribution in [-0.2, 0) is 0 Å². The molecule has 2 aromatic rings. The van der Waals surface area contributed by atoms with Crippen LogP contribution in [0.15, 0.2) is 53.1 Å². The average Bonchev–Trinajstić information content (AvgIpc) is 2.50. The van der Waals surface area contributed by atoms with Crippen LogP contribution in [0.5, 0.6) is 0 Å². The number of nitriles is 1. The molecule has 1 aliphatic heterocycles. The highest BCUT2D eigenvalue weighted by Crippen LogP contribution is 2.37. The van der Waals surface area contributed by atoms with Gasteiger partial charge in [-0.05, 0) is 24.3 Å². The summed E-state index contributed by atoms with van der Waals surface area (Å²) < 4.78 is 0. The van der Waals surface area contributed by atoms with Gasteiger partial charge in [-0.3, -0.25) is 0 Å². The van der Waals surface area contributed by atoms with Crippen molar-refractivity contribution < 1.29 is 0 Å². The maximum atomic E-state index is 9.52. The van der Waals surface area contributed by atoms with Gasteiger partial charge in [0, 0.05) is 26.9 Å².